The van der Waals surface area contributed by atoms with Gasteiger partial charge in [0.25, 0.3) is 0 Å². The summed E-state index contributed by atoms with van der Waals surface area (Å²) in [4.78, 5) is 15.1. The Kier molecular flexibility index (Phi) is 6.94. The van der Waals surface area contributed by atoms with E-state index in [1.54, 1.807) is 4.90 Å². The summed E-state index contributed by atoms with van der Waals surface area (Å²) < 4.78 is 11.8. The molecule has 0 saturated carbocycles. The molecular weight excluding hydrogens is 394 g/mol. The Balaban J connectivity index is 1.18. The van der Waals surface area contributed by atoms with Gasteiger partial charge >= 0.3 is 0 Å². The fourth-order valence-corrected chi connectivity index (χ4v) is 4.32. The topological polar surface area (TPSA) is 88.3 Å². The molecule has 1 fully saturated rings. The van der Waals surface area contributed by atoms with Crippen molar-refractivity contribution in [3.05, 3.63) is 48.0 Å². The van der Waals surface area contributed by atoms with E-state index in [0.717, 1.165) is 67.2 Å². The zero-order valence-electron chi connectivity index (χ0n) is 17.8. The highest BCUT2D eigenvalue weighted by molar-refractivity contribution is 5.81. The summed E-state index contributed by atoms with van der Waals surface area (Å²) in [7, 11) is 0. The molecule has 7 heteroatoms. The van der Waals surface area contributed by atoms with Crippen LogP contribution < -0.4 is 20.1 Å². The zero-order valence-corrected chi connectivity index (χ0v) is 17.8. The molecule has 0 spiro atoms. The van der Waals surface area contributed by atoms with Gasteiger partial charge in [-0.15, -0.1) is 0 Å². The maximum Gasteiger partial charge on any atom is 0.214 e. The fraction of sp³-hybridized carbons (Fsp3) is 0.458. The Labute approximate surface area is 183 Å². The second kappa shape index (κ2) is 10.0. The van der Waals surface area contributed by atoms with Gasteiger partial charge in [0.15, 0.2) is 0 Å². The van der Waals surface area contributed by atoms with Gasteiger partial charge in [0.1, 0.15) is 24.2 Å². The predicted octanol–water partition coefficient (Wildman–Crippen LogP) is 2.32. The van der Waals surface area contributed by atoms with Crippen LogP contribution in [0.5, 0.6) is 11.5 Å². The smallest absolute Gasteiger partial charge is 0.214 e. The second-order valence-corrected chi connectivity index (χ2v) is 8.39. The molecule has 7 nitrogen and oxygen atoms in total. The minimum absolute atomic E-state index is 0.248. The lowest BCUT2D eigenvalue weighted by molar-refractivity contribution is -0.107. The summed E-state index contributed by atoms with van der Waals surface area (Å²) in [5, 5.41) is 10.5. The molecule has 2 heterocycles. The minimum Gasteiger partial charge on any atom is -0.493 e. The predicted molar refractivity (Wildman–Crippen MR) is 121 cm³/mol. The molecule has 2 aliphatic rings. The number of nitrogens with zero attached hydrogens (tertiary/aromatic N) is 2. The van der Waals surface area contributed by atoms with Crippen LogP contribution in [0.1, 0.15) is 18.4 Å². The molecule has 0 bridgehead atoms. The van der Waals surface area contributed by atoms with E-state index < -0.39 is 6.10 Å². The van der Waals surface area contributed by atoms with Crippen LogP contribution in [0, 0.1) is 5.92 Å². The number of nitrogen functional groups attached to an aromatic ring is 1. The Morgan fingerprint density at radius 1 is 1.10 bits per heavy atom. The largest absolute Gasteiger partial charge is 0.493 e. The van der Waals surface area contributed by atoms with Crippen molar-refractivity contribution >= 4 is 17.8 Å². The van der Waals surface area contributed by atoms with Gasteiger partial charge in [0, 0.05) is 24.3 Å². The molecular formula is C24H31N3O4. The van der Waals surface area contributed by atoms with Gasteiger partial charge in [-0.25, -0.2) is 0 Å². The summed E-state index contributed by atoms with van der Waals surface area (Å²) in [6.45, 7) is 4.13. The van der Waals surface area contributed by atoms with Crippen LogP contribution in [0.2, 0.25) is 0 Å². The molecule has 0 radical (unpaired) electrons. The number of ether oxygens (including phenoxy) is 2. The average Bonchev–Trinajstić information content (AvgIpc) is 3.22. The number of carbonyl (C=O) groups excluding carboxylic acids is 1. The van der Waals surface area contributed by atoms with Crippen molar-refractivity contribution in [1.82, 2.24) is 4.90 Å². The van der Waals surface area contributed by atoms with Crippen molar-refractivity contribution in [2.24, 2.45) is 5.92 Å². The van der Waals surface area contributed by atoms with Crippen molar-refractivity contribution in [3.8, 4) is 11.5 Å². The number of aliphatic hydroxyl groups is 1. The summed E-state index contributed by atoms with van der Waals surface area (Å²) in [6, 6.07) is 13.2. The number of hydrogen-bond acceptors (Lipinski definition) is 6. The summed E-state index contributed by atoms with van der Waals surface area (Å²) in [5.41, 5.74) is 8.40. The first-order chi connectivity index (χ1) is 15.1. The summed E-state index contributed by atoms with van der Waals surface area (Å²) in [6.07, 6.45) is 3.19. The lowest BCUT2D eigenvalue weighted by Gasteiger charge is -2.33. The first kappa shape index (κ1) is 21.5. The van der Waals surface area contributed by atoms with Crippen LogP contribution in [0.4, 0.5) is 11.4 Å². The monoisotopic (exact) mass is 425 g/mol. The SMILES string of the molecule is Nc1ccc(OCC2CCN(CC(O)COc3cccc4c3CCN4C=O)CC2)cc1. The number of fused-ring (bicyclic) bond motifs is 1. The van der Waals surface area contributed by atoms with Crippen LogP contribution in [0.25, 0.3) is 0 Å². The number of piperidine rings is 1. The molecule has 1 atom stereocenters. The van der Waals surface area contributed by atoms with Gasteiger partial charge in [-0.3, -0.25) is 4.79 Å². The Hall–Kier alpha value is -2.77. The third-order valence-corrected chi connectivity index (χ3v) is 6.12. The Morgan fingerprint density at radius 2 is 1.87 bits per heavy atom. The van der Waals surface area contributed by atoms with E-state index in [-0.39, 0.29) is 6.61 Å². The fourth-order valence-electron chi connectivity index (χ4n) is 4.32. The number of hydrogen-bond donors (Lipinski definition) is 2. The van der Waals surface area contributed by atoms with Gasteiger partial charge in [0.05, 0.1) is 12.3 Å². The number of anilines is 2. The molecule has 0 aliphatic carbocycles. The van der Waals surface area contributed by atoms with Crippen LogP contribution in [0.15, 0.2) is 42.5 Å². The average molecular weight is 426 g/mol. The Bertz CT molecular complexity index is 866. The Morgan fingerprint density at radius 3 is 2.61 bits per heavy atom. The highest BCUT2D eigenvalue weighted by Gasteiger charge is 2.24. The molecule has 4 rings (SSSR count). The molecule has 1 unspecified atom stereocenters. The number of likely N-dealkylation sites (tertiary alicyclic amines) is 1. The van der Waals surface area contributed by atoms with Crippen LogP contribution in [-0.2, 0) is 11.2 Å². The number of β-amino-alcohol motifs (C(OH)–C–C–N with tert-alkyl or cyclic N) is 1. The van der Waals surface area contributed by atoms with Gasteiger partial charge in [-0.05, 0) is 74.7 Å². The first-order valence-corrected chi connectivity index (χ1v) is 11.0. The number of aliphatic hydroxyl groups excluding tert-OH is 1. The molecule has 166 valence electrons. The molecule has 2 aliphatic heterocycles. The van der Waals surface area contributed by atoms with Crippen LogP contribution >= 0.6 is 0 Å². The van der Waals surface area contributed by atoms with Crippen molar-refractivity contribution < 1.29 is 19.4 Å². The normalized spacial score (nSPS) is 17.9. The van der Waals surface area contributed by atoms with E-state index in [9.17, 15) is 9.90 Å². The third kappa shape index (κ3) is 5.48. The van der Waals surface area contributed by atoms with Gasteiger partial charge in [-0.1, -0.05) is 6.07 Å². The van der Waals surface area contributed by atoms with E-state index in [2.05, 4.69) is 4.90 Å². The van der Waals surface area contributed by atoms with Crippen LogP contribution in [-0.4, -0.2) is 61.9 Å². The summed E-state index contributed by atoms with van der Waals surface area (Å²) in [5.74, 6) is 2.14. The molecule has 0 aromatic heterocycles. The number of benzene rings is 2. The molecule has 1 amide bonds. The van der Waals surface area contributed by atoms with Crippen molar-refractivity contribution in [2.75, 3.05) is 50.0 Å². The van der Waals surface area contributed by atoms with E-state index >= 15 is 0 Å². The lowest BCUT2D eigenvalue weighted by atomic mass is 9.97. The first-order valence-electron chi connectivity index (χ1n) is 11.0. The summed E-state index contributed by atoms with van der Waals surface area (Å²) >= 11 is 0. The number of rotatable bonds is 9. The lowest BCUT2D eigenvalue weighted by Crippen LogP contribution is -2.41. The third-order valence-electron chi connectivity index (χ3n) is 6.12. The number of carbonyl (C=O) groups is 1. The van der Waals surface area contributed by atoms with E-state index in [1.165, 1.54) is 0 Å². The van der Waals surface area contributed by atoms with Gasteiger partial charge in [0.2, 0.25) is 6.41 Å². The van der Waals surface area contributed by atoms with Crippen LogP contribution in [0.3, 0.4) is 0 Å². The maximum atomic E-state index is 11.1. The van der Waals surface area contributed by atoms with E-state index in [4.69, 9.17) is 15.2 Å². The quantitative estimate of drug-likeness (QED) is 0.474. The van der Waals surface area contributed by atoms with Crippen molar-refractivity contribution in [2.45, 2.75) is 25.4 Å². The highest BCUT2D eigenvalue weighted by Crippen LogP contribution is 2.34. The molecule has 1 saturated heterocycles. The maximum absolute atomic E-state index is 11.1. The molecule has 2 aromatic rings. The van der Waals surface area contributed by atoms with Gasteiger partial charge < -0.3 is 30.1 Å². The highest BCUT2D eigenvalue weighted by atomic mass is 16.5. The van der Waals surface area contributed by atoms with E-state index in [1.807, 2.05) is 42.5 Å². The molecule has 31 heavy (non-hydrogen) atoms. The van der Waals surface area contributed by atoms with Gasteiger partial charge in [-0.2, -0.15) is 0 Å². The number of amides is 1. The molecule has 2 aromatic carbocycles. The van der Waals surface area contributed by atoms with Crippen molar-refractivity contribution in [1.29, 1.82) is 0 Å². The minimum atomic E-state index is -0.554. The standard InChI is InChI=1S/C24H31N3O4/c25-19-4-6-21(7-5-19)30-15-18-8-11-26(12-9-18)14-20(29)16-31-24-3-1-2-23-22(24)10-13-27(23)17-28/h1-7,17-18,20,29H,8-16,25H2. The second-order valence-electron chi connectivity index (χ2n) is 8.39. The molecule has 3 N–H and O–H groups in total. The number of nitrogens with two attached hydrogens (primary N) is 1. The van der Waals surface area contributed by atoms with E-state index in [0.29, 0.717) is 25.6 Å². The van der Waals surface area contributed by atoms with Crippen molar-refractivity contribution in [3.63, 3.8) is 0 Å². The zero-order chi connectivity index (χ0) is 21.6.